The van der Waals surface area contributed by atoms with Gasteiger partial charge in [0.1, 0.15) is 0 Å². The Morgan fingerprint density at radius 1 is 1.09 bits per heavy atom. The molecule has 0 fully saturated rings. The van der Waals surface area contributed by atoms with Crippen LogP contribution in [0.25, 0.3) is 0 Å². The van der Waals surface area contributed by atoms with Crippen molar-refractivity contribution in [1.82, 2.24) is 9.88 Å². The summed E-state index contributed by atoms with van der Waals surface area (Å²) in [6.07, 6.45) is 3.81. The summed E-state index contributed by atoms with van der Waals surface area (Å²) in [7, 11) is 0. The van der Waals surface area contributed by atoms with E-state index < -0.39 is 6.10 Å². The Morgan fingerprint density at radius 3 is 2.73 bits per heavy atom. The summed E-state index contributed by atoms with van der Waals surface area (Å²) < 4.78 is 2.18. The lowest BCUT2D eigenvalue weighted by atomic mass is 10.2. The molecule has 0 radical (unpaired) electrons. The van der Waals surface area contributed by atoms with Crippen LogP contribution < -0.4 is 5.32 Å². The molecule has 0 saturated carbocycles. The van der Waals surface area contributed by atoms with Crippen molar-refractivity contribution in [2.24, 2.45) is 0 Å². The lowest BCUT2D eigenvalue weighted by molar-refractivity contribution is 0.175. The molecule has 3 rings (SSSR count). The maximum atomic E-state index is 10.0. The molecule has 1 aromatic carbocycles. The number of aromatic nitrogens is 1. The smallest absolute Gasteiger partial charge is 0.0922 e. The lowest BCUT2D eigenvalue weighted by Gasteiger charge is -2.09. The second kappa shape index (κ2) is 7.40. The van der Waals surface area contributed by atoms with Crippen molar-refractivity contribution in [2.75, 3.05) is 6.54 Å². The molecule has 0 amide bonds. The van der Waals surface area contributed by atoms with E-state index in [-0.39, 0.29) is 0 Å². The Balaban J connectivity index is 1.48. The van der Waals surface area contributed by atoms with Gasteiger partial charge in [-0.15, -0.1) is 0 Å². The summed E-state index contributed by atoms with van der Waals surface area (Å²) in [5.74, 6) is 0. The minimum absolute atomic E-state index is 0.433. The summed E-state index contributed by atoms with van der Waals surface area (Å²) >= 11 is 1.61. The largest absolute Gasteiger partial charge is 0.387 e. The molecule has 0 aliphatic heterocycles. The summed E-state index contributed by atoms with van der Waals surface area (Å²) in [6, 6.07) is 14.5. The van der Waals surface area contributed by atoms with Crippen LogP contribution in [0.2, 0.25) is 0 Å². The first-order valence-electron chi connectivity index (χ1n) is 7.41. The third-order valence-corrected chi connectivity index (χ3v) is 4.32. The SMILES string of the molecule is OC(CNCc1ccn(Cc2ccccc2)c1)c1ccsc1. The zero-order chi connectivity index (χ0) is 15.2. The highest BCUT2D eigenvalue weighted by atomic mass is 32.1. The number of nitrogens with zero attached hydrogens (tertiary/aromatic N) is 1. The maximum absolute atomic E-state index is 10.0. The van der Waals surface area contributed by atoms with E-state index in [9.17, 15) is 5.11 Å². The quantitative estimate of drug-likeness (QED) is 0.701. The number of benzene rings is 1. The molecule has 114 valence electrons. The van der Waals surface area contributed by atoms with E-state index in [4.69, 9.17) is 0 Å². The lowest BCUT2D eigenvalue weighted by Crippen LogP contribution is -2.20. The summed E-state index contributed by atoms with van der Waals surface area (Å²) in [5, 5.41) is 17.3. The zero-order valence-electron chi connectivity index (χ0n) is 12.4. The zero-order valence-corrected chi connectivity index (χ0v) is 13.2. The fourth-order valence-electron chi connectivity index (χ4n) is 2.42. The van der Waals surface area contributed by atoms with Crippen LogP contribution in [0.3, 0.4) is 0 Å². The van der Waals surface area contributed by atoms with Crippen LogP contribution in [0.15, 0.2) is 65.6 Å². The normalized spacial score (nSPS) is 12.4. The maximum Gasteiger partial charge on any atom is 0.0922 e. The Bertz CT molecular complexity index is 676. The van der Waals surface area contributed by atoms with Gasteiger partial charge in [-0.3, -0.25) is 0 Å². The Morgan fingerprint density at radius 2 is 1.95 bits per heavy atom. The average molecular weight is 312 g/mol. The third-order valence-electron chi connectivity index (χ3n) is 3.61. The molecule has 2 heterocycles. The molecule has 4 heteroatoms. The van der Waals surface area contributed by atoms with Crippen LogP contribution in [0.4, 0.5) is 0 Å². The number of aliphatic hydroxyl groups is 1. The summed E-state index contributed by atoms with van der Waals surface area (Å²) in [6.45, 7) is 2.22. The standard InChI is InChI=1S/C18H20N2OS/c21-18(17-7-9-22-14-17)11-19-10-16-6-8-20(13-16)12-15-4-2-1-3-5-15/h1-9,13-14,18-19,21H,10-12H2. The molecule has 0 saturated heterocycles. The highest BCUT2D eigenvalue weighted by molar-refractivity contribution is 7.07. The number of hydrogen-bond donors (Lipinski definition) is 2. The second-order valence-electron chi connectivity index (χ2n) is 5.38. The van der Waals surface area contributed by atoms with Gasteiger partial charge < -0.3 is 15.0 Å². The number of nitrogens with one attached hydrogen (secondary N) is 1. The number of rotatable bonds is 7. The molecule has 0 bridgehead atoms. The first-order valence-corrected chi connectivity index (χ1v) is 8.35. The summed E-state index contributed by atoms with van der Waals surface area (Å²) in [5.41, 5.74) is 3.51. The molecule has 2 aromatic heterocycles. The fourth-order valence-corrected chi connectivity index (χ4v) is 3.13. The van der Waals surface area contributed by atoms with E-state index in [1.165, 1.54) is 11.1 Å². The molecule has 0 aliphatic rings. The van der Waals surface area contributed by atoms with E-state index in [1.54, 1.807) is 11.3 Å². The number of thiophene rings is 1. The van der Waals surface area contributed by atoms with Gasteiger partial charge in [0, 0.05) is 32.0 Å². The van der Waals surface area contributed by atoms with Crippen LogP contribution >= 0.6 is 11.3 Å². The molecule has 1 unspecified atom stereocenters. The van der Waals surface area contributed by atoms with Crippen molar-refractivity contribution in [3.8, 4) is 0 Å². The number of aliphatic hydroxyl groups excluding tert-OH is 1. The minimum atomic E-state index is -0.433. The molecule has 2 N–H and O–H groups in total. The molecular formula is C18H20N2OS. The first kappa shape index (κ1) is 15.0. The van der Waals surface area contributed by atoms with E-state index in [2.05, 4.69) is 52.6 Å². The molecule has 1 atom stereocenters. The van der Waals surface area contributed by atoms with Crippen molar-refractivity contribution < 1.29 is 5.11 Å². The predicted molar refractivity (Wildman–Crippen MR) is 91.0 cm³/mol. The molecule has 22 heavy (non-hydrogen) atoms. The highest BCUT2D eigenvalue weighted by Crippen LogP contribution is 2.15. The van der Waals surface area contributed by atoms with E-state index in [0.29, 0.717) is 6.54 Å². The van der Waals surface area contributed by atoms with E-state index in [1.807, 2.05) is 22.9 Å². The fraction of sp³-hybridized carbons (Fsp3) is 0.222. The van der Waals surface area contributed by atoms with Crippen LogP contribution in [0, 0.1) is 0 Å². The minimum Gasteiger partial charge on any atom is -0.387 e. The van der Waals surface area contributed by atoms with Gasteiger partial charge in [-0.2, -0.15) is 11.3 Å². The van der Waals surface area contributed by atoms with Crippen molar-refractivity contribution in [3.63, 3.8) is 0 Å². The summed E-state index contributed by atoms with van der Waals surface area (Å²) in [4.78, 5) is 0. The predicted octanol–water partition coefficient (Wildman–Crippen LogP) is 3.42. The molecule has 0 aliphatic carbocycles. The second-order valence-corrected chi connectivity index (χ2v) is 6.16. The Labute approximate surface area is 134 Å². The Hall–Kier alpha value is -1.88. The molecule has 0 spiro atoms. The van der Waals surface area contributed by atoms with Crippen LogP contribution in [-0.2, 0) is 13.1 Å². The topological polar surface area (TPSA) is 37.2 Å². The van der Waals surface area contributed by atoms with Crippen molar-refractivity contribution in [3.05, 3.63) is 82.3 Å². The first-order chi connectivity index (χ1) is 10.8. The van der Waals surface area contributed by atoms with Crippen LogP contribution in [-0.4, -0.2) is 16.2 Å². The van der Waals surface area contributed by atoms with Crippen LogP contribution in [0.1, 0.15) is 22.8 Å². The van der Waals surface area contributed by atoms with Crippen molar-refractivity contribution in [1.29, 1.82) is 0 Å². The Kier molecular flexibility index (Phi) is 5.06. The van der Waals surface area contributed by atoms with Gasteiger partial charge in [0.25, 0.3) is 0 Å². The van der Waals surface area contributed by atoms with Crippen LogP contribution in [0.5, 0.6) is 0 Å². The van der Waals surface area contributed by atoms with Gasteiger partial charge in [0.05, 0.1) is 6.10 Å². The molecule has 3 nitrogen and oxygen atoms in total. The van der Waals surface area contributed by atoms with Crippen molar-refractivity contribution >= 4 is 11.3 Å². The molecule has 3 aromatic rings. The van der Waals surface area contributed by atoms with E-state index in [0.717, 1.165) is 18.7 Å². The van der Waals surface area contributed by atoms with E-state index >= 15 is 0 Å². The van der Waals surface area contributed by atoms with Gasteiger partial charge in [0.2, 0.25) is 0 Å². The van der Waals surface area contributed by atoms with Gasteiger partial charge in [-0.05, 0) is 39.6 Å². The monoisotopic (exact) mass is 312 g/mol. The van der Waals surface area contributed by atoms with Crippen molar-refractivity contribution in [2.45, 2.75) is 19.2 Å². The van der Waals surface area contributed by atoms with Gasteiger partial charge in [0.15, 0.2) is 0 Å². The van der Waals surface area contributed by atoms with Gasteiger partial charge in [-0.25, -0.2) is 0 Å². The highest BCUT2D eigenvalue weighted by Gasteiger charge is 2.07. The van der Waals surface area contributed by atoms with Gasteiger partial charge >= 0.3 is 0 Å². The van der Waals surface area contributed by atoms with Gasteiger partial charge in [-0.1, -0.05) is 30.3 Å². The number of hydrogen-bond acceptors (Lipinski definition) is 3. The average Bonchev–Trinajstić information content (AvgIpc) is 3.20. The third kappa shape index (κ3) is 4.07. The molecular weight excluding hydrogens is 292 g/mol.